The third kappa shape index (κ3) is 5.13. The summed E-state index contributed by atoms with van der Waals surface area (Å²) in [6.45, 7) is 9.07. The van der Waals surface area contributed by atoms with Crippen LogP contribution in [-0.4, -0.2) is 30.6 Å². The predicted octanol–water partition coefficient (Wildman–Crippen LogP) is 3.55. The van der Waals surface area contributed by atoms with Gasteiger partial charge in [-0.3, -0.25) is 4.90 Å². The summed E-state index contributed by atoms with van der Waals surface area (Å²) in [4.78, 5) is 2.55. The zero-order chi connectivity index (χ0) is 13.7. The quantitative estimate of drug-likeness (QED) is 0.887. The fourth-order valence-electron chi connectivity index (χ4n) is 2.62. The van der Waals surface area contributed by atoms with Crippen LogP contribution >= 0.6 is 11.6 Å². The lowest BCUT2D eigenvalue weighted by molar-refractivity contribution is 0.181. The van der Waals surface area contributed by atoms with E-state index in [4.69, 9.17) is 11.6 Å². The number of nitrogens with one attached hydrogen (secondary N) is 1. The van der Waals surface area contributed by atoms with Crippen LogP contribution in [0, 0.1) is 5.92 Å². The Hall–Kier alpha value is -0.570. The maximum Gasteiger partial charge on any atom is 0.0406 e. The molecule has 1 saturated heterocycles. The van der Waals surface area contributed by atoms with Crippen molar-refractivity contribution in [2.24, 2.45) is 5.92 Å². The van der Waals surface area contributed by atoms with Crippen molar-refractivity contribution in [2.45, 2.75) is 39.3 Å². The Bertz CT molecular complexity index is 375. The van der Waals surface area contributed by atoms with Gasteiger partial charge in [0.2, 0.25) is 0 Å². The van der Waals surface area contributed by atoms with Crippen molar-refractivity contribution in [1.29, 1.82) is 0 Å². The van der Waals surface area contributed by atoms with Crippen molar-refractivity contribution in [1.82, 2.24) is 10.2 Å². The van der Waals surface area contributed by atoms with Gasteiger partial charge in [-0.15, -0.1) is 0 Å². The average molecular weight is 281 g/mol. The molecular weight excluding hydrogens is 256 g/mol. The largest absolute Gasteiger partial charge is 0.312 e. The van der Waals surface area contributed by atoms with Crippen molar-refractivity contribution >= 4 is 11.6 Å². The molecule has 1 atom stereocenters. The van der Waals surface area contributed by atoms with Gasteiger partial charge in [0, 0.05) is 24.2 Å². The van der Waals surface area contributed by atoms with E-state index in [2.05, 4.69) is 36.2 Å². The Balaban J connectivity index is 1.82. The number of likely N-dealkylation sites (tertiary alicyclic amines) is 1. The summed E-state index contributed by atoms with van der Waals surface area (Å²) >= 11 is 5.92. The number of nitrogens with zero attached hydrogens (tertiary/aromatic N) is 1. The molecule has 0 saturated carbocycles. The van der Waals surface area contributed by atoms with Crippen LogP contribution in [0.25, 0.3) is 0 Å². The average Bonchev–Trinajstić information content (AvgIpc) is 2.40. The SMILES string of the molecule is CC(C)CNC1CCCN(Cc2ccc(Cl)cc2)C1. The fourth-order valence-corrected chi connectivity index (χ4v) is 2.74. The minimum Gasteiger partial charge on any atom is -0.312 e. The summed E-state index contributed by atoms with van der Waals surface area (Å²) in [6, 6.07) is 8.88. The summed E-state index contributed by atoms with van der Waals surface area (Å²) in [7, 11) is 0. The molecule has 1 aliphatic rings. The number of rotatable bonds is 5. The van der Waals surface area contributed by atoms with Crippen LogP contribution in [-0.2, 0) is 6.54 Å². The van der Waals surface area contributed by atoms with E-state index in [1.165, 1.54) is 24.9 Å². The molecule has 1 fully saturated rings. The second-order valence-electron chi connectivity index (χ2n) is 6.00. The van der Waals surface area contributed by atoms with Gasteiger partial charge < -0.3 is 5.32 Å². The molecule has 0 radical (unpaired) electrons. The van der Waals surface area contributed by atoms with E-state index in [-0.39, 0.29) is 0 Å². The molecule has 106 valence electrons. The third-order valence-corrected chi connectivity index (χ3v) is 3.89. The highest BCUT2D eigenvalue weighted by atomic mass is 35.5. The third-order valence-electron chi connectivity index (χ3n) is 3.64. The Kier molecular flexibility index (Phi) is 5.68. The molecule has 1 unspecified atom stereocenters. The van der Waals surface area contributed by atoms with Crippen LogP contribution < -0.4 is 5.32 Å². The number of halogens is 1. The highest BCUT2D eigenvalue weighted by Gasteiger charge is 2.19. The van der Waals surface area contributed by atoms with Crippen molar-refractivity contribution in [3.63, 3.8) is 0 Å². The minimum absolute atomic E-state index is 0.656. The number of piperidine rings is 1. The van der Waals surface area contributed by atoms with Gasteiger partial charge in [0.05, 0.1) is 0 Å². The smallest absolute Gasteiger partial charge is 0.0406 e. The minimum atomic E-state index is 0.656. The summed E-state index contributed by atoms with van der Waals surface area (Å²) in [5.74, 6) is 0.728. The molecule has 2 nitrogen and oxygen atoms in total. The highest BCUT2D eigenvalue weighted by Crippen LogP contribution is 2.16. The van der Waals surface area contributed by atoms with E-state index in [0.29, 0.717) is 6.04 Å². The Morgan fingerprint density at radius 3 is 2.74 bits per heavy atom. The van der Waals surface area contributed by atoms with Crippen molar-refractivity contribution in [3.8, 4) is 0 Å². The van der Waals surface area contributed by atoms with Gasteiger partial charge in [-0.25, -0.2) is 0 Å². The molecule has 1 heterocycles. The lowest BCUT2D eigenvalue weighted by Crippen LogP contribution is -2.46. The van der Waals surface area contributed by atoms with E-state index >= 15 is 0 Å². The van der Waals surface area contributed by atoms with Crippen LogP contribution in [0.2, 0.25) is 5.02 Å². The first-order valence-electron chi connectivity index (χ1n) is 7.33. The zero-order valence-corrected chi connectivity index (χ0v) is 12.8. The lowest BCUT2D eigenvalue weighted by Gasteiger charge is -2.33. The van der Waals surface area contributed by atoms with Crippen LogP contribution in [0.1, 0.15) is 32.3 Å². The maximum atomic E-state index is 5.92. The number of hydrogen-bond acceptors (Lipinski definition) is 2. The molecule has 19 heavy (non-hydrogen) atoms. The Morgan fingerprint density at radius 2 is 2.05 bits per heavy atom. The van der Waals surface area contributed by atoms with Gasteiger partial charge in [-0.05, 0) is 49.5 Å². The molecule has 1 N–H and O–H groups in total. The second kappa shape index (κ2) is 7.28. The van der Waals surface area contributed by atoms with Gasteiger partial charge in [-0.1, -0.05) is 37.6 Å². The summed E-state index contributed by atoms with van der Waals surface area (Å²) in [5, 5.41) is 4.50. The molecule has 0 aliphatic carbocycles. The summed E-state index contributed by atoms with van der Waals surface area (Å²) in [5.41, 5.74) is 1.36. The topological polar surface area (TPSA) is 15.3 Å². The van der Waals surface area contributed by atoms with E-state index in [0.717, 1.165) is 30.6 Å². The first-order chi connectivity index (χ1) is 9.13. The van der Waals surface area contributed by atoms with Gasteiger partial charge in [0.1, 0.15) is 0 Å². The Morgan fingerprint density at radius 1 is 1.32 bits per heavy atom. The van der Waals surface area contributed by atoms with Crippen molar-refractivity contribution < 1.29 is 0 Å². The van der Waals surface area contributed by atoms with E-state index in [9.17, 15) is 0 Å². The van der Waals surface area contributed by atoms with Crippen molar-refractivity contribution in [3.05, 3.63) is 34.9 Å². The van der Waals surface area contributed by atoms with Crippen LogP contribution in [0.5, 0.6) is 0 Å². The number of hydrogen-bond donors (Lipinski definition) is 1. The molecule has 0 amide bonds. The zero-order valence-electron chi connectivity index (χ0n) is 12.0. The van der Waals surface area contributed by atoms with E-state index in [1.807, 2.05) is 12.1 Å². The maximum absolute atomic E-state index is 5.92. The standard InChI is InChI=1S/C16H25ClN2/c1-13(2)10-18-16-4-3-9-19(12-16)11-14-5-7-15(17)8-6-14/h5-8,13,16,18H,3-4,9-12H2,1-2H3. The van der Waals surface area contributed by atoms with Gasteiger partial charge in [0.25, 0.3) is 0 Å². The van der Waals surface area contributed by atoms with E-state index < -0.39 is 0 Å². The predicted molar refractivity (Wildman–Crippen MR) is 82.6 cm³/mol. The van der Waals surface area contributed by atoms with E-state index in [1.54, 1.807) is 0 Å². The van der Waals surface area contributed by atoms with Crippen molar-refractivity contribution in [2.75, 3.05) is 19.6 Å². The molecular formula is C16H25ClN2. The summed E-state index contributed by atoms with van der Waals surface area (Å²) < 4.78 is 0. The molecule has 3 heteroatoms. The lowest BCUT2D eigenvalue weighted by atomic mass is 10.0. The van der Waals surface area contributed by atoms with Gasteiger partial charge in [-0.2, -0.15) is 0 Å². The number of benzene rings is 1. The fraction of sp³-hybridized carbons (Fsp3) is 0.625. The normalized spacial score (nSPS) is 20.9. The molecule has 0 aromatic heterocycles. The van der Waals surface area contributed by atoms with Gasteiger partial charge >= 0.3 is 0 Å². The molecule has 1 aromatic rings. The monoisotopic (exact) mass is 280 g/mol. The molecule has 1 aliphatic heterocycles. The first-order valence-corrected chi connectivity index (χ1v) is 7.71. The molecule has 0 spiro atoms. The summed E-state index contributed by atoms with van der Waals surface area (Å²) in [6.07, 6.45) is 2.60. The second-order valence-corrected chi connectivity index (χ2v) is 6.44. The Labute approximate surface area is 122 Å². The van der Waals surface area contributed by atoms with Crippen LogP contribution in [0.3, 0.4) is 0 Å². The first kappa shape index (κ1) is 14.8. The van der Waals surface area contributed by atoms with Crippen LogP contribution in [0.15, 0.2) is 24.3 Å². The molecule has 1 aromatic carbocycles. The molecule has 2 rings (SSSR count). The van der Waals surface area contributed by atoms with Gasteiger partial charge in [0.15, 0.2) is 0 Å². The van der Waals surface area contributed by atoms with Crippen LogP contribution in [0.4, 0.5) is 0 Å². The molecule has 0 bridgehead atoms. The highest BCUT2D eigenvalue weighted by molar-refractivity contribution is 6.30.